The average molecular weight is 342 g/mol. The van der Waals surface area contributed by atoms with Gasteiger partial charge in [-0.2, -0.15) is 5.10 Å². The van der Waals surface area contributed by atoms with Crippen molar-refractivity contribution in [1.82, 2.24) is 29.9 Å². The van der Waals surface area contributed by atoms with E-state index in [-0.39, 0.29) is 0 Å². The molecule has 132 valence electrons. The highest BCUT2D eigenvalue weighted by atomic mass is 16.4. The van der Waals surface area contributed by atoms with Gasteiger partial charge in [-0.15, -0.1) is 10.2 Å². The quantitative estimate of drug-likeness (QED) is 0.704. The van der Waals surface area contributed by atoms with Crippen molar-refractivity contribution in [2.75, 3.05) is 6.54 Å². The van der Waals surface area contributed by atoms with Gasteiger partial charge in [-0.25, -0.2) is 9.67 Å². The lowest BCUT2D eigenvalue weighted by atomic mass is 10.0. The summed E-state index contributed by atoms with van der Waals surface area (Å²) in [5, 5.41) is 12.8. The molecule has 25 heavy (non-hydrogen) atoms. The van der Waals surface area contributed by atoms with Crippen LogP contribution in [0.5, 0.6) is 0 Å². The van der Waals surface area contributed by atoms with Crippen LogP contribution in [0.15, 0.2) is 27.2 Å². The van der Waals surface area contributed by atoms with E-state index in [1.165, 1.54) is 12.8 Å². The molecule has 1 fully saturated rings. The van der Waals surface area contributed by atoms with E-state index in [0.717, 1.165) is 31.2 Å². The van der Waals surface area contributed by atoms with Gasteiger partial charge in [-0.3, -0.25) is 4.90 Å². The standard InChI is InChI=1S/C17H22N6O2/c1-12-18-13(2)23(21-12)10-14-6-3-4-8-22(14)11-16-19-20-17(25-16)15-7-5-9-24-15/h5,7,9,14H,3-4,6,8,10-11H2,1-2H3/t14-/m0/s1. The second-order valence-electron chi connectivity index (χ2n) is 6.49. The summed E-state index contributed by atoms with van der Waals surface area (Å²) >= 11 is 0. The van der Waals surface area contributed by atoms with E-state index < -0.39 is 0 Å². The molecule has 4 heterocycles. The Hall–Kier alpha value is -2.48. The zero-order chi connectivity index (χ0) is 17.2. The van der Waals surface area contributed by atoms with Crippen LogP contribution in [-0.4, -0.2) is 42.4 Å². The Morgan fingerprint density at radius 3 is 2.92 bits per heavy atom. The van der Waals surface area contributed by atoms with Crippen LogP contribution >= 0.6 is 0 Å². The molecule has 0 N–H and O–H groups in total. The maximum atomic E-state index is 5.76. The Morgan fingerprint density at radius 1 is 1.24 bits per heavy atom. The zero-order valence-corrected chi connectivity index (χ0v) is 14.6. The molecular weight excluding hydrogens is 320 g/mol. The van der Waals surface area contributed by atoms with Crippen molar-refractivity contribution in [3.63, 3.8) is 0 Å². The third kappa shape index (κ3) is 3.48. The number of hydrogen-bond acceptors (Lipinski definition) is 7. The van der Waals surface area contributed by atoms with Crippen molar-refractivity contribution in [2.24, 2.45) is 0 Å². The van der Waals surface area contributed by atoms with Crippen LogP contribution in [0.3, 0.4) is 0 Å². The van der Waals surface area contributed by atoms with Crippen LogP contribution in [0.1, 0.15) is 36.8 Å². The van der Waals surface area contributed by atoms with Gasteiger partial charge < -0.3 is 8.83 Å². The topological polar surface area (TPSA) is 86.0 Å². The molecule has 0 aromatic carbocycles. The molecule has 1 aliphatic heterocycles. The molecule has 3 aromatic heterocycles. The first-order valence-corrected chi connectivity index (χ1v) is 8.67. The van der Waals surface area contributed by atoms with E-state index in [0.29, 0.717) is 30.1 Å². The van der Waals surface area contributed by atoms with Gasteiger partial charge in [0, 0.05) is 6.04 Å². The summed E-state index contributed by atoms with van der Waals surface area (Å²) in [6.45, 7) is 6.43. The van der Waals surface area contributed by atoms with Crippen molar-refractivity contribution >= 4 is 0 Å². The largest absolute Gasteiger partial charge is 0.459 e. The molecule has 4 rings (SSSR count). The molecule has 1 saturated heterocycles. The molecule has 0 unspecified atom stereocenters. The van der Waals surface area contributed by atoms with E-state index in [4.69, 9.17) is 8.83 Å². The lowest BCUT2D eigenvalue weighted by molar-refractivity contribution is 0.110. The molecule has 0 amide bonds. The van der Waals surface area contributed by atoms with Gasteiger partial charge in [-0.1, -0.05) is 6.42 Å². The van der Waals surface area contributed by atoms with Crippen molar-refractivity contribution in [1.29, 1.82) is 0 Å². The number of hydrogen-bond donors (Lipinski definition) is 0. The van der Waals surface area contributed by atoms with Crippen LogP contribution in [0, 0.1) is 13.8 Å². The highest BCUT2D eigenvalue weighted by Gasteiger charge is 2.26. The second kappa shape index (κ2) is 6.79. The first kappa shape index (κ1) is 16.0. The van der Waals surface area contributed by atoms with E-state index >= 15 is 0 Å². The van der Waals surface area contributed by atoms with Gasteiger partial charge in [0.2, 0.25) is 5.89 Å². The molecule has 1 atom stereocenters. The van der Waals surface area contributed by atoms with Gasteiger partial charge >= 0.3 is 0 Å². The lowest BCUT2D eigenvalue weighted by Gasteiger charge is -2.34. The number of rotatable bonds is 5. The monoisotopic (exact) mass is 342 g/mol. The first-order valence-electron chi connectivity index (χ1n) is 8.67. The van der Waals surface area contributed by atoms with E-state index in [1.54, 1.807) is 6.26 Å². The summed E-state index contributed by atoms with van der Waals surface area (Å²) in [5.41, 5.74) is 0. The minimum atomic E-state index is 0.396. The fourth-order valence-corrected chi connectivity index (χ4v) is 3.40. The van der Waals surface area contributed by atoms with Crippen LogP contribution in [0.4, 0.5) is 0 Å². The normalized spacial score (nSPS) is 18.7. The summed E-state index contributed by atoms with van der Waals surface area (Å²) in [7, 11) is 0. The smallest absolute Gasteiger partial charge is 0.283 e. The van der Waals surface area contributed by atoms with Crippen LogP contribution in [-0.2, 0) is 13.1 Å². The molecule has 3 aromatic rings. The molecule has 0 aliphatic carbocycles. The fraction of sp³-hybridized carbons (Fsp3) is 0.529. The van der Waals surface area contributed by atoms with E-state index in [1.807, 2.05) is 30.7 Å². The van der Waals surface area contributed by atoms with Gasteiger partial charge in [-0.05, 0) is 45.4 Å². The number of likely N-dealkylation sites (tertiary alicyclic amines) is 1. The van der Waals surface area contributed by atoms with E-state index in [2.05, 4.69) is 25.2 Å². The third-order valence-corrected chi connectivity index (χ3v) is 4.63. The summed E-state index contributed by atoms with van der Waals surface area (Å²) in [6.07, 6.45) is 5.15. The van der Waals surface area contributed by atoms with Crippen LogP contribution in [0.2, 0.25) is 0 Å². The zero-order valence-electron chi connectivity index (χ0n) is 14.6. The van der Waals surface area contributed by atoms with Gasteiger partial charge in [0.05, 0.1) is 19.4 Å². The summed E-state index contributed by atoms with van der Waals surface area (Å²) in [6, 6.07) is 4.02. The van der Waals surface area contributed by atoms with Gasteiger partial charge in [0.1, 0.15) is 11.6 Å². The Morgan fingerprint density at radius 2 is 2.16 bits per heavy atom. The maximum absolute atomic E-state index is 5.76. The van der Waals surface area contributed by atoms with Crippen LogP contribution in [0.25, 0.3) is 11.7 Å². The lowest BCUT2D eigenvalue weighted by Crippen LogP contribution is -2.42. The SMILES string of the molecule is Cc1nc(C)n(C[C@@H]2CCCCN2Cc2nnc(-c3ccco3)o2)n1. The Bertz CT molecular complexity index is 822. The summed E-state index contributed by atoms with van der Waals surface area (Å²) in [5.74, 6) is 3.42. The third-order valence-electron chi connectivity index (χ3n) is 4.63. The van der Waals surface area contributed by atoms with Crippen molar-refractivity contribution in [3.8, 4) is 11.7 Å². The molecule has 1 aliphatic rings. The summed E-state index contributed by atoms with van der Waals surface area (Å²) in [4.78, 5) is 6.80. The molecule has 0 saturated carbocycles. The molecule has 8 heteroatoms. The number of furan rings is 1. The number of nitrogens with zero attached hydrogens (tertiary/aromatic N) is 6. The number of piperidine rings is 1. The first-order chi connectivity index (χ1) is 12.2. The van der Waals surface area contributed by atoms with E-state index in [9.17, 15) is 0 Å². The van der Waals surface area contributed by atoms with Gasteiger partial charge in [0.25, 0.3) is 5.89 Å². The Labute approximate surface area is 145 Å². The number of aromatic nitrogens is 5. The molecule has 8 nitrogen and oxygen atoms in total. The highest BCUT2D eigenvalue weighted by molar-refractivity contribution is 5.42. The summed E-state index contributed by atoms with van der Waals surface area (Å²) < 4.78 is 13.1. The Kier molecular flexibility index (Phi) is 4.35. The Balaban J connectivity index is 1.47. The second-order valence-corrected chi connectivity index (χ2v) is 6.49. The predicted molar refractivity (Wildman–Crippen MR) is 89.5 cm³/mol. The van der Waals surface area contributed by atoms with Crippen molar-refractivity contribution in [2.45, 2.75) is 52.2 Å². The number of aryl methyl sites for hydroxylation is 2. The average Bonchev–Trinajstić information content (AvgIpc) is 3.31. The molecular formula is C17H22N6O2. The maximum Gasteiger partial charge on any atom is 0.283 e. The highest BCUT2D eigenvalue weighted by Crippen LogP contribution is 2.23. The van der Waals surface area contributed by atoms with Crippen LogP contribution < -0.4 is 0 Å². The van der Waals surface area contributed by atoms with Crippen molar-refractivity contribution < 1.29 is 8.83 Å². The molecule has 0 spiro atoms. The predicted octanol–water partition coefficient (Wildman–Crippen LogP) is 2.59. The molecule has 0 radical (unpaired) electrons. The van der Waals surface area contributed by atoms with Gasteiger partial charge in [0.15, 0.2) is 5.76 Å². The van der Waals surface area contributed by atoms with Crippen molar-refractivity contribution in [3.05, 3.63) is 35.9 Å². The minimum Gasteiger partial charge on any atom is -0.459 e. The fourth-order valence-electron chi connectivity index (χ4n) is 3.40. The minimum absolute atomic E-state index is 0.396. The molecule has 0 bridgehead atoms.